The van der Waals surface area contributed by atoms with E-state index in [0.29, 0.717) is 0 Å². The van der Waals surface area contributed by atoms with E-state index in [1.165, 1.54) is 30.0 Å². The summed E-state index contributed by atoms with van der Waals surface area (Å²) < 4.78 is 0. The largest absolute Gasteiger partial charge is 0.0865 e. The Bertz CT molecular complexity index is 466. The maximum Gasteiger partial charge on any atom is -0.0110 e. The van der Waals surface area contributed by atoms with Crippen LogP contribution in [0.3, 0.4) is 0 Å². The standard InChI is InChI=1S/C14H15P/c1-2-9-13-11(5-1)6-3-10-14(13)15-12-7-4-8-12/h1-3,5-6,9-10,12,15H,4,7-8H2. The SMILES string of the molecule is c1ccc2c(PC3CCC3)cccc2c1. The fraction of sp³-hybridized carbons (Fsp3) is 0.286. The molecule has 76 valence electrons. The molecule has 0 N–H and O–H groups in total. The van der Waals surface area contributed by atoms with Crippen molar-refractivity contribution in [3.05, 3.63) is 42.5 Å². The van der Waals surface area contributed by atoms with E-state index in [1.54, 1.807) is 5.30 Å². The molecule has 0 spiro atoms. The van der Waals surface area contributed by atoms with Gasteiger partial charge in [0.05, 0.1) is 0 Å². The zero-order valence-electron chi connectivity index (χ0n) is 8.74. The summed E-state index contributed by atoms with van der Waals surface area (Å²) in [5.74, 6) is 0. The molecule has 1 heteroatoms. The van der Waals surface area contributed by atoms with Gasteiger partial charge in [-0.05, 0) is 34.6 Å². The highest BCUT2D eigenvalue weighted by Crippen LogP contribution is 2.36. The van der Waals surface area contributed by atoms with Crippen LogP contribution >= 0.6 is 8.58 Å². The van der Waals surface area contributed by atoms with Crippen molar-refractivity contribution in [2.45, 2.75) is 24.9 Å². The topological polar surface area (TPSA) is 0 Å². The van der Waals surface area contributed by atoms with Gasteiger partial charge in [0.25, 0.3) is 0 Å². The van der Waals surface area contributed by atoms with Crippen LogP contribution in [0.1, 0.15) is 19.3 Å². The second-order valence-corrected chi connectivity index (χ2v) is 5.94. The van der Waals surface area contributed by atoms with E-state index in [2.05, 4.69) is 42.5 Å². The molecule has 0 amide bonds. The molecule has 2 aromatic carbocycles. The van der Waals surface area contributed by atoms with Crippen molar-refractivity contribution in [3.63, 3.8) is 0 Å². The van der Waals surface area contributed by atoms with E-state index >= 15 is 0 Å². The van der Waals surface area contributed by atoms with E-state index in [0.717, 1.165) is 14.2 Å². The van der Waals surface area contributed by atoms with Crippen molar-refractivity contribution < 1.29 is 0 Å². The van der Waals surface area contributed by atoms with Gasteiger partial charge in [0.2, 0.25) is 0 Å². The lowest BCUT2D eigenvalue weighted by Gasteiger charge is -2.25. The quantitative estimate of drug-likeness (QED) is 0.669. The Hall–Kier alpha value is -0.870. The second-order valence-electron chi connectivity index (χ2n) is 4.30. The van der Waals surface area contributed by atoms with E-state index in [9.17, 15) is 0 Å². The van der Waals surface area contributed by atoms with E-state index in [4.69, 9.17) is 0 Å². The molecule has 15 heavy (non-hydrogen) atoms. The van der Waals surface area contributed by atoms with Crippen molar-refractivity contribution in [3.8, 4) is 0 Å². The van der Waals surface area contributed by atoms with Crippen molar-refractivity contribution in [2.75, 3.05) is 0 Å². The van der Waals surface area contributed by atoms with E-state index in [1.807, 2.05) is 0 Å². The third-order valence-electron chi connectivity index (χ3n) is 3.25. The lowest BCUT2D eigenvalue weighted by Crippen LogP contribution is -2.15. The Balaban J connectivity index is 2.01. The van der Waals surface area contributed by atoms with Gasteiger partial charge in [-0.2, -0.15) is 0 Å². The molecule has 0 nitrogen and oxygen atoms in total. The maximum atomic E-state index is 2.30. The normalized spacial score (nSPS) is 17.3. The molecule has 1 fully saturated rings. The van der Waals surface area contributed by atoms with Gasteiger partial charge in [-0.1, -0.05) is 57.5 Å². The van der Waals surface area contributed by atoms with Gasteiger partial charge in [-0.15, -0.1) is 0 Å². The van der Waals surface area contributed by atoms with Crippen molar-refractivity contribution >= 4 is 24.7 Å². The van der Waals surface area contributed by atoms with Crippen LogP contribution in [-0.4, -0.2) is 5.66 Å². The molecule has 1 atom stereocenters. The Kier molecular flexibility index (Phi) is 2.46. The zero-order valence-corrected chi connectivity index (χ0v) is 9.74. The molecule has 0 aromatic heterocycles. The molecule has 0 radical (unpaired) electrons. The molecule has 2 aromatic rings. The first-order valence-electron chi connectivity index (χ1n) is 5.68. The van der Waals surface area contributed by atoms with Crippen LogP contribution in [0.4, 0.5) is 0 Å². The fourth-order valence-corrected chi connectivity index (χ4v) is 3.84. The number of rotatable bonds is 2. The summed E-state index contributed by atoms with van der Waals surface area (Å²) in [5, 5.41) is 4.42. The van der Waals surface area contributed by atoms with Gasteiger partial charge >= 0.3 is 0 Å². The lowest BCUT2D eigenvalue weighted by atomic mass is 10.00. The van der Waals surface area contributed by atoms with Gasteiger partial charge in [0.15, 0.2) is 0 Å². The third-order valence-corrected chi connectivity index (χ3v) is 4.99. The fourth-order valence-electron chi connectivity index (χ4n) is 2.12. The Morgan fingerprint density at radius 3 is 2.53 bits per heavy atom. The highest BCUT2D eigenvalue weighted by molar-refractivity contribution is 7.48. The number of fused-ring (bicyclic) bond motifs is 1. The molecular formula is C14H15P. The molecule has 1 unspecified atom stereocenters. The third kappa shape index (κ3) is 1.79. The van der Waals surface area contributed by atoms with Gasteiger partial charge in [0, 0.05) is 0 Å². The van der Waals surface area contributed by atoms with Gasteiger partial charge in [0.1, 0.15) is 0 Å². The average molecular weight is 214 g/mol. The summed E-state index contributed by atoms with van der Waals surface area (Å²) in [7, 11) is 1.02. The summed E-state index contributed by atoms with van der Waals surface area (Å²) in [4.78, 5) is 0. The first-order chi connectivity index (χ1) is 7.43. The lowest BCUT2D eigenvalue weighted by molar-refractivity contribution is 0.520. The first kappa shape index (κ1) is 9.36. The van der Waals surface area contributed by atoms with Crippen LogP contribution < -0.4 is 5.30 Å². The summed E-state index contributed by atoms with van der Waals surface area (Å²) >= 11 is 0. The molecule has 0 aliphatic heterocycles. The molecule has 1 aliphatic carbocycles. The van der Waals surface area contributed by atoms with Gasteiger partial charge in [-0.25, -0.2) is 0 Å². The van der Waals surface area contributed by atoms with Crippen LogP contribution in [-0.2, 0) is 0 Å². The minimum Gasteiger partial charge on any atom is -0.0865 e. The van der Waals surface area contributed by atoms with Crippen LogP contribution in [0.5, 0.6) is 0 Å². The monoisotopic (exact) mass is 214 g/mol. The average Bonchev–Trinajstić information content (AvgIpc) is 2.23. The summed E-state index contributed by atoms with van der Waals surface area (Å²) in [6.07, 6.45) is 4.34. The minimum absolute atomic E-state index is 0.982. The summed E-state index contributed by atoms with van der Waals surface area (Å²) in [5.41, 5.74) is 0.982. The summed E-state index contributed by atoms with van der Waals surface area (Å²) in [6, 6.07) is 15.5. The minimum atomic E-state index is 0.982. The molecular weight excluding hydrogens is 199 g/mol. The van der Waals surface area contributed by atoms with E-state index in [-0.39, 0.29) is 0 Å². The zero-order chi connectivity index (χ0) is 10.1. The Morgan fingerprint density at radius 1 is 0.933 bits per heavy atom. The molecule has 0 heterocycles. The summed E-state index contributed by atoms with van der Waals surface area (Å²) in [6.45, 7) is 0. The Morgan fingerprint density at radius 2 is 1.73 bits per heavy atom. The van der Waals surface area contributed by atoms with Crippen LogP contribution in [0, 0.1) is 0 Å². The smallest absolute Gasteiger partial charge is 0.0110 e. The van der Waals surface area contributed by atoms with E-state index < -0.39 is 0 Å². The Labute approximate surface area is 92.5 Å². The van der Waals surface area contributed by atoms with Crippen LogP contribution in [0.2, 0.25) is 0 Å². The van der Waals surface area contributed by atoms with Gasteiger partial charge in [-0.3, -0.25) is 0 Å². The maximum absolute atomic E-state index is 2.30. The molecule has 0 bridgehead atoms. The van der Waals surface area contributed by atoms with Crippen molar-refractivity contribution in [2.24, 2.45) is 0 Å². The van der Waals surface area contributed by atoms with Gasteiger partial charge < -0.3 is 0 Å². The highest BCUT2D eigenvalue weighted by Gasteiger charge is 2.18. The molecule has 0 saturated heterocycles. The molecule has 1 saturated carbocycles. The predicted octanol–water partition coefficient (Wildman–Crippen LogP) is 3.70. The number of hydrogen-bond acceptors (Lipinski definition) is 0. The second kappa shape index (κ2) is 3.94. The van der Waals surface area contributed by atoms with Crippen molar-refractivity contribution in [1.82, 2.24) is 0 Å². The number of benzene rings is 2. The van der Waals surface area contributed by atoms with Crippen molar-refractivity contribution in [1.29, 1.82) is 0 Å². The first-order valence-corrected chi connectivity index (χ1v) is 6.75. The van der Waals surface area contributed by atoms with Crippen LogP contribution in [0.15, 0.2) is 42.5 Å². The van der Waals surface area contributed by atoms with Crippen LogP contribution in [0.25, 0.3) is 10.8 Å². The predicted molar refractivity (Wildman–Crippen MR) is 69.5 cm³/mol. The molecule has 3 rings (SSSR count). The molecule has 1 aliphatic rings. The highest BCUT2D eigenvalue weighted by atomic mass is 31.1. The number of hydrogen-bond donors (Lipinski definition) is 0.